The summed E-state index contributed by atoms with van der Waals surface area (Å²) in [5.41, 5.74) is 2.34. The first-order valence-electron chi connectivity index (χ1n) is 10.4. The van der Waals surface area contributed by atoms with Gasteiger partial charge in [-0.25, -0.2) is 8.42 Å². The van der Waals surface area contributed by atoms with Crippen molar-refractivity contribution in [3.8, 4) is 5.75 Å². The van der Waals surface area contributed by atoms with Crippen molar-refractivity contribution in [3.05, 3.63) is 90.0 Å². The molecule has 0 heterocycles. The molecule has 1 amide bonds. The van der Waals surface area contributed by atoms with Crippen molar-refractivity contribution in [2.45, 2.75) is 31.2 Å². The van der Waals surface area contributed by atoms with Crippen molar-refractivity contribution in [1.29, 1.82) is 0 Å². The molecule has 0 spiro atoms. The van der Waals surface area contributed by atoms with Gasteiger partial charge in [0.2, 0.25) is 5.91 Å². The minimum atomic E-state index is -3.92. The van der Waals surface area contributed by atoms with E-state index in [-0.39, 0.29) is 23.4 Å². The summed E-state index contributed by atoms with van der Waals surface area (Å²) in [6.45, 7) is 3.59. The Balaban J connectivity index is 1.86. The summed E-state index contributed by atoms with van der Waals surface area (Å²) in [5.74, 6) is 0.396. The molecule has 1 atom stereocenters. The maximum atomic E-state index is 13.3. The van der Waals surface area contributed by atoms with E-state index in [1.165, 1.54) is 12.1 Å². The molecule has 0 bridgehead atoms. The van der Waals surface area contributed by atoms with Crippen LogP contribution in [-0.2, 0) is 14.8 Å². The first-order chi connectivity index (χ1) is 15.4. The summed E-state index contributed by atoms with van der Waals surface area (Å²) in [6.07, 6.45) is 0.661. The molecule has 0 radical (unpaired) electrons. The van der Waals surface area contributed by atoms with E-state index in [0.29, 0.717) is 12.1 Å². The van der Waals surface area contributed by atoms with Gasteiger partial charge in [0.15, 0.2) is 0 Å². The maximum Gasteiger partial charge on any atom is 0.264 e. The molecule has 32 heavy (non-hydrogen) atoms. The smallest absolute Gasteiger partial charge is 0.264 e. The van der Waals surface area contributed by atoms with Gasteiger partial charge in [-0.1, -0.05) is 55.5 Å². The number of sulfonamides is 1. The van der Waals surface area contributed by atoms with Crippen molar-refractivity contribution >= 4 is 21.6 Å². The normalized spacial score (nSPS) is 12.1. The number of nitrogens with zero attached hydrogens (tertiary/aromatic N) is 1. The van der Waals surface area contributed by atoms with Gasteiger partial charge in [-0.15, -0.1) is 0 Å². The third-order valence-electron chi connectivity index (χ3n) is 5.23. The predicted octanol–water partition coefficient (Wildman–Crippen LogP) is 4.47. The molecule has 6 nitrogen and oxygen atoms in total. The standard InChI is InChI=1S/C25H28N2O4S/c1-4-23(20-15-16-24(31-3)19(2)17-20)26-25(28)18-27(21-11-7-5-8-12-21)32(29,30)22-13-9-6-10-14-22/h5-17,23H,4,18H2,1-3H3,(H,26,28). The Bertz CT molecular complexity index is 1150. The molecule has 3 aromatic carbocycles. The highest BCUT2D eigenvalue weighted by Crippen LogP contribution is 2.26. The molecular formula is C25H28N2O4S. The largest absolute Gasteiger partial charge is 0.496 e. The van der Waals surface area contributed by atoms with Crippen LogP contribution in [0.4, 0.5) is 5.69 Å². The van der Waals surface area contributed by atoms with Gasteiger partial charge in [0.05, 0.1) is 23.7 Å². The maximum absolute atomic E-state index is 13.3. The number of hydrogen-bond donors (Lipinski definition) is 1. The summed E-state index contributed by atoms with van der Waals surface area (Å²) in [7, 11) is -2.30. The van der Waals surface area contributed by atoms with Crippen LogP contribution in [0.25, 0.3) is 0 Å². The zero-order valence-electron chi connectivity index (χ0n) is 18.5. The summed E-state index contributed by atoms with van der Waals surface area (Å²) < 4.78 is 33.1. The SMILES string of the molecule is CCC(NC(=O)CN(c1ccccc1)S(=O)(=O)c1ccccc1)c1ccc(OC)c(C)c1. The third kappa shape index (κ3) is 5.29. The summed E-state index contributed by atoms with van der Waals surface area (Å²) in [6, 6.07) is 22.3. The number of carbonyl (C=O) groups excluding carboxylic acids is 1. The quantitative estimate of drug-likeness (QED) is 0.520. The van der Waals surface area contributed by atoms with Crippen LogP contribution < -0.4 is 14.4 Å². The molecular weight excluding hydrogens is 424 g/mol. The zero-order chi connectivity index (χ0) is 23.1. The number of benzene rings is 3. The van der Waals surface area contributed by atoms with E-state index in [9.17, 15) is 13.2 Å². The summed E-state index contributed by atoms with van der Waals surface area (Å²) in [5, 5.41) is 2.99. The van der Waals surface area contributed by atoms with E-state index < -0.39 is 10.0 Å². The number of aryl methyl sites for hydroxylation is 1. The van der Waals surface area contributed by atoms with Gasteiger partial charge in [0.1, 0.15) is 12.3 Å². The van der Waals surface area contributed by atoms with E-state index in [1.807, 2.05) is 32.0 Å². The van der Waals surface area contributed by atoms with Crippen molar-refractivity contribution in [2.24, 2.45) is 0 Å². The molecule has 0 aliphatic heterocycles. The Morgan fingerprint density at radius 3 is 2.19 bits per heavy atom. The predicted molar refractivity (Wildman–Crippen MR) is 126 cm³/mol. The van der Waals surface area contributed by atoms with Crippen molar-refractivity contribution in [1.82, 2.24) is 5.32 Å². The Morgan fingerprint density at radius 1 is 1.00 bits per heavy atom. The Morgan fingerprint density at radius 2 is 1.62 bits per heavy atom. The van der Waals surface area contributed by atoms with Crippen LogP contribution in [0.5, 0.6) is 5.75 Å². The highest BCUT2D eigenvalue weighted by atomic mass is 32.2. The number of para-hydroxylation sites is 1. The molecule has 3 rings (SSSR count). The fraction of sp³-hybridized carbons (Fsp3) is 0.240. The Hall–Kier alpha value is -3.32. The third-order valence-corrected chi connectivity index (χ3v) is 7.02. The first-order valence-corrected chi connectivity index (χ1v) is 11.9. The lowest BCUT2D eigenvalue weighted by Gasteiger charge is -2.26. The molecule has 0 saturated carbocycles. The zero-order valence-corrected chi connectivity index (χ0v) is 19.3. The second-order valence-electron chi connectivity index (χ2n) is 7.42. The van der Waals surface area contributed by atoms with Crippen LogP contribution in [0.1, 0.15) is 30.5 Å². The van der Waals surface area contributed by atoms with Gasteiger partial charge in [-0.05, 0) is 54.8 Å². The van der Waals surface area contributed by atoms with Crippen LogP contribution >= 0.6 is 0 Å². The van der Waals surface area contributed by atoms with E-state index in [2.05, 4.69) is 5.32 Å². The van der Waals surface area contributed by atoms with Crippen LogP contribution in [0.15, 0.2) is 83.8 Å². The monoisotopic (exact) mass is 452 g/mol. The van der Waals surface area contributed by atoms with Gasteiger partial charge >= 0.3 is 0 Å². The average molecular weight is 453 g/mol. The van der Waals surface area contributed by atoms with Gasteiger partial charge < -0.3 is 10.1 Å². The number of nitrogens with one attached hydrogen (secondary N) is 1. The van der Waals surface area contributed by atoms with Crippen LogP contribution in [0.3, 0.4) is 0 Å². The number of carbonyl (C=O) groups is 1. The van der Waals surface area contributed by atoms with Crippen LogP contribution in [-0.4, -0.2) is 28.0 Å². The molecule has 3 aromatic rings. The fourth-order valence-electron chi connectivity index (χ4n) is 3.54. The Labute approximate surface area is 189 Å². The molecule has 1 N–H and O–H groups in total. The highest BCUT2D eigenvalue weighted by molar-refractivity contribution is 7.92. The van der Waals surface area contributed by atoms with Gasteiger partial charge in [0.25, 0.3) is 10.0 Å². The summed E-state index contributed by atoms with van der Waals surface area (Å²) in [4.78, 5) is 13.1. The lowest BCUT2D eigenvalue weighted by atomic mass is 10.0. The summed E-state index contributed by atoms with van der Waals surface area (Å²) >= 11 is 0. The van der Waals surface area contributed by atoms with E-state index in [4.69, 9.17) is 4.74 Å². The minimum absolute atomic E-state index is 0.134. The average Bonchev–Trinajstić information content (AvgIpc) is 2.82. The lowest BCUT2D eigenvalue weighted by molar-refractivity contribution is -0.120. The van der Waals surface area contributed by atoms with E-state index in [1.54, 1.807) is 55.6 Å². The number of methoxy groups -OCH3 is 1. The molecule has 1 unspecified atom stereocenters. The number of amides is 1. The van der Waals surface area contributed by atoms with Gasteiger partial charge in [0, 0.05) is 0 Å². The van der Waals surface area contributed by atoms with Crippen molar-refractivity contribution < 1.29 is 17.9 Å². The van der Waals surface area contributed by atoms with Crippen molar-refractivity contribution in [3.63, 3.8) is 0 Å². The van der Waals surface area contributed by atoms with E-state index >= 15 is 0 Å². The van der Waals surface area contributed by atoms with Gasteiger partial charge in [-0.3, -0.25) is 9.10 Å². The fourth-order valence-corrected chi connectivity index (χ4v) is 4.98. The number of ether oxygens (including phenoxy) is 1. The molecule has 0 aliphatic carbocycles. The topological polar surface area (TPSA) is 75.7 Å². The van der Waals surface area contributed by atoms with E-state index in [0.717, 1.165) is 21.2 Å². The lowest BCUT2D eigenvalue weighted by Crippen LogP contribution is -2.42. The molecule has 0 fully saturated rings. The minimum Gasteiger partial charge on any atom is -0.496 e. The van der Waals surface area contributed by atoms with Crippen LogP contribution in [0, 0.1) is 6.92 Å². The molecule has 0 aromatic heterocycles. The number of rotatable bonds is 9. The molecule has 168 valence electrons. The van der Waals surface area contributed by atoms with Crippen molar-refractivity contribution in [2.75, 3.05) is 18.0 Å². The number of anilines is 1. The first kappa shape index (κ1) is 23.3. The number of hydrogen-bond acceptors (Lipinski definition) is 4. The highest BCUT2D eigenvalue weighted by Gasteiger charge is 2.27. The molecule has 0 aliphatic rings. The van der Waals surface area contributed by atoms with Crippen LogP contribution in [0.2, 0.25) is 0 Å². The van der Waals surface area contributed by atoms with Gasteiger partial charge in [-0.2, -0.15) is 0 Å². The molecule has 0 saturated heterocycles. The second-order valence-corrected chi connectivity index (χ2v) is 9.28. The molecule has 7 heteroatoms. The second kappa shape index (κ2) is 10.3. The Kier molecular flexibility index (Phi) is 7.53.